The Hall–Kier alpha value is -3.63. The predicted octanol–water partition coefficient (Wildman–Crippen LogP) is 10.7. The molecule has 0 atom stereocenters. The van der Waals surface area contributed by atoms with Gasteiger partial charge in [-0.3, -0.25) is 0 Å². The summed E-state index contributed by atoms with van der Waals surface area (Å²) in [6.07, 6.45) is 3.10. The Labute approximate surface area is 334 Å². The molecular weight excluding hydrogens is 865 g/mol. The molecule has 6 aromatic rings. The van der Waals surface area contributed by atoms with E-state index < -0.39 is 45.1 Å². The van der Waals surface area contributed by atoms with Crippen LogP contribution in [0.25, 0.3) is 44.6 Å². The summed E-state index contributed by atoms with van der Waals surface area (Å²) < 4.78 is 89.3. The van der Waals surface area contributed by atoms with E-state index in [0.717, 1.165) is 34.1 Å². The van der Waals surface area contributed by atoms with Crippen molar-refractivity contribution in [1.29, 1.82) is 5.26 Å². The van der Waals surface area contributed by atoms with Gasteiger partial charge < -0.3 is 9.40 Å². The second-order valence-electron chi connectivity index (χ2n) is 14.8. The fourth-order valence-electron chi connectivity index (χ4n) is 6.24. The van der Waals surface area contributed by atoms with Crippen LogP contribution in [0.2, 0.25) is 17.3 Å². The molecule has 0 saturated heterocycles. The van der Waals surface area contributed by atoms with Crippen LogP contribution in [0.15, 0.2) is 71.4 Å². The van der Waals surface area contributed by atoms with Crippen LogP contribution < -0.4 is 4.40 Å². The van der Waals surface area contributed by atoms with E-state index in [1.54, 1.807) is 0 Å². The van der Waals surface area contributed by atoms with E-state index in [1.165, 1.54) is 30.5 Å². The molecule has 1 saturated carbocycles. The van der Waals surface area contributed by atoms with Crippen LogP contribution in [-0.4, -0.2) is 28.2 Å². The third kappa shape index (κ3) is 9.06. The number of hydrogen-bond acceptors (Lipinski definition) is 5. The number of furan rings is 1. The molecule has 0 bridgehead atoms. The maximum Gasteiger partial charge on any atom is 0 e. The Bertz CT molecular complexity index is 2580. The fourth-order valence-corrected chi connectivity index (χ4v) is 9.17. The first kappa shape index (κ1) is 27.0. The average Bonchev–Trinajstić information content (AvgIpc) is 3.86. The second kappa shape index (κ2) is 15.9. The third-order valence-electron chi connectivity index (χ3n) is 8.61. The van der Waals surface area contributed by atoms with E-state index in [1.807, 2.05) is 57.3 Å². The monoisotopic (exact) mass is 925 g/mol. The second-order valence-corrected chi connectivity index (χ2v) is 25.4. The molecule has 4 heterocycles. The van der Waals surface area contributed by atoms with E-state index >= 15 is 0 Å². The summed E-state index contributed by atoms with van der Waals surface area (Å²) in [5.74, 6) is 6.57. The zero-order chi connectivity index (χ0) is 44.2. The van der Waals surface area contributed by atoms with Gasteiger partial charge in [-0.1, -0.05) is 42.9 Å². The van der Waals surface area contributed by atoms with Crippen molar-refractivity contribution in [3.63, 3.8) is 0 Å². The molecule has 1 aliphatic carbocycles. The minimum atomic E-state index is -2.60. The van der Waals surface area contributed by atoms with Crippen LogP contribution in [0.3, 0.4) is 0 Å². The Balaban J connectivity index is 0.000000253. The molecule has 7 rings (SSSR count). The standard InChI is InChI=1S/C25H22N3O.C19H26GeN.Ir/c1-15-11-22(27-14-19(15)12-17-5-3-4-6-17)20-10-8-18(13-26)23-21-9-7-16(2)28-25(21)29-24(20)23;1-19(2,3)13-16-12-18(15-10-8-7-9-11-15)21-14-17(16)20(4,5)6;/h7-9,11,14,17H,3-6,12H2,1-2H3;7-10,12,14H,13H2,1-6H3;/q2*-1;/i1D3,2D3,12D2;13D2;. The zero-order valence-electron chi connectivity index (χ0n) is 39.8. The molecule has 0 amide bonds. The van der Waals surface area contributed by atoms with Crippen LogP contribution in [0, 0.1) is 48.5 Å². The fraction of sp³-hybridized carbons (Fsp3) is 0.364. The number of hydrogen-bond donors (Lipinski definition) is 0. The number of aromatic nitrogens is 3. The Morgan fingerprint density at radius 2 is 1.78 bits per heavy atom. The minimum absolute atomic E-state index is 0. The van der Waals surface area contributed by atoms with Crippen molar-refractivity contribution in [2.45, 2.75) is 90.2 Å². The summed E-state index contributed by atoms with van der Waals surface area (Å²) in [4.78, 5) is 13.2. The van der Waals surface area contributed by atoms with Gasteiger partial charge in [0.1, 0.15) is 0 Å². The first-order chi connectivity index (χ1) is 27.8. The molecule has 5 nitrogen and oxygen atoms in total. The molecule has 7 heteroatoms. The van der Waals surface area contributed by atoms with Crippen molar-refractivity contribution >= 4 is 39.7 Å². The van der Waals surface area contributed by atoms with Crippen LogP contribution >= 0.6 is 0 Å². The van der Waals surface area contributed by atoms with Gasteiger partial charge in [-0.25, -0.2) is 10.2 Å². The molecular formula is C44H48GeIrN4O-2. The topological polar surface area (TPSA) is 75.6 Å². The van der Waals surface area contributed by atoms with Crippen molar-refractivity contribution in [1.82, 2.24) is 15.0 Å². The van der Waals surface area contributed by atoms with Gasteiger partial charge in [0.2, 0.25) is 5.71 Å². The number of benzene rings is 2. The van der Waals surface area contributed by atoms with E-state index in [9.17, 15) is 5.26 Å². The molecule has 1 aliphatic rings. The Kier molecular flexibility index (Phi) is 8.46. The van der Waals surface area contributed by atoms with Gasteiger partial charge in [-0.05, 0) is 60.3 Å². The van der Waals surface area contributed by atoms with Crippen molar-refractivity contribution < 1.29 is 38.2 Å². The van der Waals surface area contributed by atoms with Gasteiger partial charge in [0.25, 0.3) is 0 Å². The number of nitrogens with zero attached hydrogens (tertiary/aromatic N) is 4. The largest absolute Gasteiger partial charge is 0 e. The normalized spacial score (nSPS) is 17.4. The van der Waals surface area contributed by atoms with E-state index in [-0.39, 0.29) is 71.0 Å². The summed E-state index contributed by atoms with van der Waals surface area (Å²) >= 11 is -2.24. The molecule has 1 fully saturated rings. The van der Waals surface area contributed by atoms with Crippen LogP contribution in [0.5, 0.6) is 0 Å². The number of nitriles is 1. The summed E-state index contributed by atoms with van der Waals surface area (Å²) in [7, 11) is 0. The van der Waals surface area contributed by atoms with E-state index in [0.29, 0.717) is 23.6 Å². The average molecular weight is 924 g/mol. The van der Waals surface area contributed by atoms with Gasteiger partial charge in [0.15, 0.2) is 0 Å². The molecule has 0 unspecified atom stereocenters. The van der Waals surface area contributed by atoms with E-state index in [4.69, 9.17) is 18.1 Å². The van der Waals surface area contributed by atoms with Gasteiger partial charge in [-0.15, -0.1) is 12.1 Å². The van der Waals surface area contributed by atoms with Gasteiger partial charge in [-0.2, -0.15) is 0 Å². The smallest absolute Gasteiger partial charge is 0 e. The maximum atomic E-state index is 9.69. The molecule has 4 aromatic heterocycles. The maximum absolute atomic E-state index is 9.69. The van der Waals surface area contributed by atoms with Crippen molar-refractivity contribution in [3.8, 4) is 28.6 Å². The van der Waals surface area contributed by atoms with Crippen LogP contribution in [0.1, 0.15) is 88.1 Å². The van der Waals surface area contributed by atoms with Crippen molar-refractivity contribution in [3.05, 3.63) is 107 Å². The molecule has 0 spiro atoms. The number of aryl methyl sites for hydroxylation is 2. The molecule has 2 aromatic carbocycles. The summed E-state index contributed by atoms with van der Waals surface area (Å²) in [6.45, 7) is 0.822. The molecule has 0 N–H and O–H groups in total. The minimum Gasteiger partial charge on any atom is 0 e. The van der Waals surface area contributed by atoms with Gasteiger partial charge >= 0.3 is 135 Å². The SMILES string of the molecule is [2H]C([2H])([2H])c1ccc2c(n1)oc1c(-c3cc(C([2H])([2H])[2H])c(C([2H])([2H])C4CCCC4)cn3)[c-]cc(C#N)c12.[2H]C([2H])(c1cc(-c2[c-]cccc2)nc[c]1[Ge]([CH3])([CH3])[CH3])C(C)(C)C.[Ir]. The zero-order valence-corrected chi connectivity index (χ0v) is 34.3. The van der Waals surface area contributed by atoms with Gasteiger partial charge in [0, 0.05) is 54.4 Å². The Morgan fingerprint density at radius 3 is 2.45 bits per heavy atom. The molecule has 265 valence electrons. The van der Waals surface area contributed by atoms with E-state index in [2.05, 4.69) is 50.4 Å². The van der Waals surface area contributed by atoms with Crippen molar-refractivity contribution in [2.75, 3.05) is 0 Å². The third-order valence-corrected chi connectivity index (χ3v) is 12.8. The number of fused-ring (bicyclic) bond motifs is 3. The first-order valence-corrected chi connectivity index (χ1v) is 24.3. The quantitative estimate of drug-likeness (QED) is 0.123. The van der Waals surface area contributed by atoms with Crippen LogP contribution in [-0.2, 0) is 32.9 Å². The summed E-state index contributed by atoms with van der Waals surface area (Å²) in [5, 5.41) is 10.5. The Morgan fingerprint density at radius 1 is 1.00 bits per heavy atom. The number of rotatable bonds is 6. The number of pyridine rings is 3. The predicted molar refractivity (Wildman–Crippen MR) is 208 cm³/mol. The van der Waals surface area contributed by atoms with Gasteiger partial charge in [0.05, 0.1) is 5.58 Å². The molecule has 51 heavy (non-hydrogen) atoms. The van der Waals surface area contributed by atoms with Crippen LogP contribution in [0.4, 0.5) is 0 Å². The molecule has 0 aliphatic heterocycles. The first-order valence-electron chi connectivity index (χ1n) is 21.9. The molecule has 1 radical (unpaired) electrons. The summed E-state index contributed by atoms with van der Waals surface area (Å²) in [6, 6.07) is 23.5. The summed E-state index contributed by atoms with van der Waals surface area (Å²) in [5.41, 5.74) is 2.63. The van der Waals surface area contributed by atoms with Crippen molar-refractivity contribution in [2.24, 2.45) is 11.3 Å².